The van der Waals surface area contributed by atoms with E-state index in [0.717, 1.165) is 31.7 Å². The van der Waals surface area contributed by atoms with Crippen LogP contribution in [0.4, 0.5) is 0 Å². The van der Waals surface area contributed by atoms with Crippen LogP contribution in [0.5, 0.6) is 11.5 Å². The Morgan fingerprint density at radius 2 is 2.35 bits per heavy atom. The summed E-state index contributed by atoms with van der Waals surface area (Å²) in [6, 6.07) is 5.45. The van der Waals surface area contributed by atoms with Crippen LogP contribution in [-0.4, -0.2) is 31.0 Å². The first-order valence-corrected chi connectivity index (χ1v) is 5.82. The number of phenols is 1. The van der Waals surface area contributed by atoms with Crippen molar-refractivity contribution in [1.29, 1.82) is 0 Å². The van der Waals surface area contributed by atoms with Crippen molar-refractivity contribution in [3.8, 4) is 11.5 Å². The van der Waals surface area contributed by atoms with Crippen LogP contribution in [0, 0.1) is 0 Å². The Morgan fingerprint density at radius 1 is 1.53 bits per heavy atom. The number of nitrogens with one attached hydrogen (secondary N) is 1. The SMILES string of the molecule is COc1ccc(CNC2(C)CCOC2)cc1O. The molecule has 1 heterocycles. The fourth-order valence-corrected chi connectivity index (χ4v) is 1.97. The molecule has 2 rings (SSSR count). The maximum atomic E-state index is 9.67. The lowest BCUT2D eigenvalue weighted by Crippen LogP contribution is -2.42. The van der Waals surface area contributed by atoms with Gasteiger partial charge in [-0.05, 0) is 31.0 Å². The van der Waals surface area contributed by atoms with Gasteiger partial charge in [0.05, 0.1) is 13.7 Å². The summed E-state index contributed by atoms with van der Waals surface area (Å²) in [7, 11) is 1.55. The number of hydrogen-bond donors (Lipinski definition) is 2. The van der Waals surface area contributed by atoms with Gasteiger partial charge in [-0.15, -0.1) is 0 Å². The normalized spacial score (nSPS) is 23.9. The number of aromatic hydroxyl groups is 1. The summed E-state index contributed by atoms with van der Waals surface area (Å²) in [4.78, 5) is 0. The Morgan fingerprint density at radius 3 is 2.94 bits per heavy atom. The van der Waals surface area contributed by atoms with E-state index in [-0.39, 0.29) is 11.3 Å². The molecule has 0 saturated carbocycles. The van der Waals surface area contributed by atoms with Gasteiger partial charge in [-0.2, -0.15) is 0 Å². The van der Waals surface area contributed by atoms with Crippen molar-refractivity contribution in [3.63, 3.8) is 0 Å². The van der Waals surface area contributed by atoms with E-state index in [1.165, 1.54) is 0 Å². The van der Waals surface area contributed by atoms with Crippen LogP contribution >= 0.6 is 0 Å². The maximum Gasteiger partial charge on any atom is 0.160 e. The second kappa shape index (κ2) is 4.94. The predicted octanol–water partition coefficient (Wildman–Crippen LogP) is 1.67. The molecule has 1 atom stereocenters. The number of benzene rings is 1. The average Bonchev–Trinajstić information content (AvgIpc) is 2.74. The Labute approximate surface area is 102 Å². The van der Waals surface area contributed by atoms with Crippen molar-refractivity contribution in [2.45, 2.75) is 25.4 Å². The van der Waals surface area contributed by atoms with E-state index < -0.39 is 0 Å². The summed E-state index contributed by atoms with van der Waals surface area (Å²) in [5.74, 6) is 0.684. The van der Waals surface area contributed by atoms with Crippen LogP contribution in [0.25, 0.3) is 0 Å². The molecule has 1 aromatic carbocycles. The molecule has 17 heavy (non-hydrogen) atoms. The quantitative estimate of drug-likeness (QED) is 0.836. The van der Waals surface area contributed by atoms with Gasteiger partial charge in [-0.1, -0.05) is 6.07 Å². The molecular formula is C13H19NO3. The first kappa shape index (κ1) is 12.2. The van der Waals surface area contributed by atoms with Gasteiger partial charge >= 0.3 is 0 Å². The van der Waals surface area contributed by atoms with E-state index in [1.54, 1.807) is 19.2 Å². The molecule has 0 aromatic heterocycles. The fourth-order valence-electron chi connectivity index (χ4n) is 1.97. The summed E-state index contributed by atoms with van der Waals surface area (Å²) < 4.78 is 10.4. The first-order valence-electron chi connectivity index (χ1n) is 5.82. The van der Waals surface area contributed by atoms with Crippen molar-refractivity contribution < 1.29 is 14.6 Å². The highest BCUT2D eigenvalue weighted by atomic mass is 16.5. The maximum absolute atomic E-state index is 9.67. The third-order valence-corrected chi connectivity index (χ3v) is 3.18. The Kier molecular flexibility index (Phi) is 3.54. The molecule has 1 aromatic rings. The van der Waals surface area contributed by atoms with Gasteiger partial charge in [0.1, 0.15) is 0 Å². The molecule has 4 heteroatoms. The monoisotopic (exact) mass is 237 g/mol. The summed E-state index contributed by atoms with van der Waals surface area (Å²) >= 11 is 0. The third-order valence-electron chi connectivity index (χ3n) is 3.18. The number of phenolic OH excluding ortho intramolecular Hbond substituents is 1. The van der Waals surface area contributed by atoms with E-state index in [0.29, 0.717) is 5.75 Å². The molecule has 0 bridgehead atoms. The van der Waals surface area contributed by atoms with Crippen molar-refractivity contribution >= 4 is 0 Å². The highest BCUT2D eigenvalue weighted by Gasteiger charge is 2.28. The zero-order chi connectivity index (χ0) is 12.3. The minimum Gasteiger partial charge on any atom is -0.504 e. The molecule has 0 aliphatic carbocycles. The van der Waals surface area contributed by atoms with Crippen molar-refractivity contribution in [3.05, 3.63) is 23.8 Å². The van der Waals surface area contributed by atoms with Crippen LogP contribution in [-0.2, 0) is 11.3 Å². The van der Waals surface area contributed by atoms with Crippen LogP contribution < -0.4 is 10.1 Å². The molecule has 4 nitrogen and oxygen atoms in total. The summed E-state index contributed by atoms with van der Waals surface area (Å²) in [6.45, 7) is 4.44. The Hall–Kier alpha value is -1.26. The third kappa shape index (κ3) is 2.90. The molecule has 0 amide bonds. The number of methoxy groups -OCH3 is 1. The number of hydrogen-bond acceptors (Lipinski definition) is 4. The minimum absolute atomic E-state index is 0.0511. The molecule has 1 aliphatic heterocycles. The van der Waals surface area contributed by atoms with E-state index in [4.69, 9.17) is 9.47 Å². The van der Waals surface area contributed by atoms with Crippen LogP contribution in [0.2, 0.25) is 0 Å². The highest BCUT2D eigenvalue weighted by Crippen LogP contribution is 2.26. The van der Waals surface area contributed by atoms with Crippen molar-refractivity contribution in [2.24, 2.45) is 0 Å². The topological polar surface area (TPSA) is 50.7 Å². The minimum atomic E-state index is 0.0511. The van der Waals surface area contributed by atoms with E-state index in [2.05, 4.69) is 12.2 Å². The fraction of sp³-hybridized carbons (Fsp3) is 0.538. The molecule has 0 spiro atoms. The molecule has 0 radical (unpaired) electrons. The van der Waals surface area contributed by atoms with E-state index in [9.17, 15) is 5.11 Å². The largest absolute Gasteiger partial charge is 0.504 e. The van der Waals surface area contributed by atoms with Crippen LogP contribution in [0.15, 0.2) is 18.2 Å². The Balaban J connectivity index is 1.97. The number of ether oxygens (including phenoxy) is 2. The zero-order valence-electron chi connectivity index (χ0n) is 10.3. The molecule has 1 aliphatic rings. The Bertz CT molecular complexity index is 386. The van der Waals surface area contributed by atoms with E-state index >= 15 is 0 Å². The summed E-state index contributed by atoms with van der Waals surface area (Å²) in [6.07, 6.45) is 1.02. The molecule has 1 saturated heterocycles. The second-order valence-corrected chi connectivity index (χ2v) is 4.72. The number of rotatable bonds is 4. The highest BCUT2D eigenvalue weighted by molar-refractivity contribution is 5.41. The molecule has 1 unspecified atom stereocenters. The predicted molar refractivity (Wildman–Crippen MR) is 65.3 cm³/mol. The van der Waals surface area contributed by atoms with Gasteiger partial charge < -0.3 is 19.9 Å². The van der Waals surface area contributed by atoms with Crippen molar-refractivity contribution in [1.82, 2.24) is 5.32 Å². The second-order valence-electron chi connectivity index (χ2n) is 4.72. The standard InChI is InChI=1S/C13H19NO3/c1-13(5-6-17-9-13)14-8-10-3-4-12(16-2)11(15)7-10/h3-4,7,14-15H,5-6,8-9H2,1-2H3. The van der Waals surface area contributed by atoms with Crippen LogP contribution in [0.3, 0.4) is 0 Å². The smallest absolute Gasteiger partial charge is 0.160 e. The summed E-state index contributed by atoms with van der Waals surface area (Å²) in [5.41, 5.74) is 1.09. The average molecular weight is 237 g/mol. The van der Waals surface area contributed by atoms with Gasteiger partial charge in [0.25, 0.3) is 0 Å². The van der Waals surface area contributed by atoms with Crippen molar-refractivity contribution in [2.75, 3.05) is 20.3 Å². The lowest BCUT2D eigenvalue weighted by Gasteiger charge is -2.23. The zero-order valence-corrected chi connectivity index (χ0v) is 10.3. The lowest BCUT2D eigenvalue weighted by molar-refractivity contribution is 0.171. The molecule has 94 valence electrons. The first-order chi connectivity index (χ1) is 8.13. The molecule has 1 fully saturated rings. The lowest BCUT2D eigenvalue weighted by atomic mass is 10.0. The van der Waals surface area contributed by atoms with Gasteiger partial charge in [-0.3, -0.25) is 0 Å². The van der Waals surface area contributed by atoms with Gasteiger partial charge in [0.2, 0.25) is 0 Å². The van der Waals surface area contributed by atoms with E-state index in [1.807, 2.05) is 6.07 Å². The molecule has 2 N–H and O–H groups in total. The molecular weight excluding hydrogens is 218 g/mol. The van der Waals surface area contributed by atoms with Crippen LogP contribution in [0.1, 0.15) is 18.9 Å². The van der Waals surface area contributed by atoms with Gasteiger partial charge in [0.15, 0.2) is 11.5 Å². The van der Waals surface area contributed by atoms with Gasteiger partial charge in [-0.25, -0.2) is 0 Å². The van der Waals surface area contributed by atoms with Gasteiger partial charge in [0, 0.05) is 18.7 Å². The summed E-state index contributed by atoms with van der Waals surface area (Å²) in [5, 5.41) is 13.1.